The summed E-state index contributed by atoms with van der Waals surface area (Å²) in [4.78, 5) is 22.6. The number of hydrogen-bond acceptors (Lipinski definition) is 5. The molecule has 5 nitrogen and oxygen atoms in total. The number of rotatable bonds is 3. The molecule has 0 aliphatic carbocycles. The topological polar surface area (TPSA) is 45.7 Å². The lowest BCUT2D eigenvalue weighted by Gasteiger charge is -2.25. The van der Waals surface area contributed by atoms with Gasteiger partial charge < -0.3 is 9.64 Å². The first kappa shape index (κ1) is 15.9. The molecule has 0 radical (unpaired) electrons. The summed E-state index contributed by atoms with van der Waals surface area (Å²) in [6, 6.07) is 0. The molecule has 6 heteroatoms. The van der Waals surface area contributed by atoms with Crippen molar-refractivity contribution >= 4 is 17.2 Å². The predicted molar refractivity (Wildman–Crippen MR) is 87.3 cm³/mol. The van der Waals surface area contributed by atoms with Gasteiger partial charge in [-0.25, -0.2) is 4.98 Å². The molecule has 0 bridgehead atoms. The lowest BCUT2D eigenvalue weighted by molar-refractivity contribution is 0.0341. The maximum absolute atomic E-state index is 12.7. The van der Waals surface area contributed by atoms with Crippen LogP contribution in [0, 0.1) is 6.92 Å². The maximum Gasteiger partial charge on any atom is 0.265 e. The molecule has 0 unspecified atom stereocenters. The smallest absolute Gasteiger partial charge is 0.265 e. The highest BCUT2D eigenvalue weighted by Crippen LogP contribution is 2.23. The van der Waals surface area contributed by atoms with Gasteiger partial charge in [0.05, 0.1) is 25.5 Å². The summed E-state index contributed by atoms with van der Waals surface area (Å²) in [7, 11) is 0. The third-order valence-corrected chi connectivity index (χ3v) is 5.52. The highest BCUT2D eigenvalue weighted by Gasteiger charge is 2.23. The van der Waals surface area contributed by atoms with Gasteiger partial charge in [0.2, 0.25) is 0 Å². The summed E-state index contributed by atoms with van der Waals surface area (Å²) in [6.07, 6.45) is 4.75. The Bertz CT molecular complexity index is 503. The second-order valence-corrected chi connectivity index (χ2v) is 7.20. The molecule has 0 saturated carbocycles. The highest BCUT2D eigenvalue weighted by molar-refractivity contribution is 7.13. The van der Waals surface area contributed by atoms with Gasteiger partial charge in [0.25, 0.3) is 5.91 Å². The first-order valence-corrected chi connectivity index (χ1v) is 9.11. The van der Waals surface area contributed by atoms with Crippen LogP contribution in [0.15, 0.2) is 0 Å². The number of likely N-dealkylation sites (tertiary alicyclic amines) is 1. The summed E-state index contributed by atoms with van der Waals surface area (Å²) in [5, 5.41) is 1.05. The molecule has 122 valence electrons. The van der Waals surface area contributed by atoms with Crippen molar-refractivity contribution in [2.75, 3.05) is 39.4 Å². The predicted octanol–water partition coefficient (Wildman–Crippen LogP) is 2.30. The Morgan fingerprint density at radius 3 is 2.50 bits per heavy atom. The molecule has 1 amide bonds. The average Bonchev–Trinajstić information content (AvgIpc) is 2.75. The Labute approximate surface area is 136 Å². The lowest BCUT2D eigenvalue weighted by Crippen LogP contribution is -2.35. The number of carbonyl (C=O) groups excluding carboxylic acids is 1. The van der Waals surface area contributed by atoms with Crippen molar-refractivity contribution in [1.29, 1.82) is 0 Å². The number of nitrogens with zero attached hydrogens (tertiary/aromatic N) is 3. The molecule has 3 rings (SSSR count). The third-order valence-electron chi connectivity index (χ3n) is 4.39. The zero-order chi connectivity index (χ0) is 15.4. The van der Waals surface area contributed by atoms with Crippen LogP contribution in [-0.4, -0.2) is 60.1 Å². The van der Waals surface area contributed by atoms with Gasteiger partial charge in [0, 0.05) is 26.2 Å². The zero-order valence-electron chi connectivity index (χ0n) is 13.3. The van der Waals surface area contributed by atoms with Crippen molar-refractivity contribution in [1.82, 2.24) is 14.8 Å². The van der Waals surface area contributed by atoms with E-state index in [2.05, 4.69) is 9.88 Å². The summed E-state index contributed by atoms with van der Waals surface area (Å²) < 4.78 is 5.38. The Balaban J connectivity index is 1.66. The minimum atomic E-state index is 0.185. The van der Waals surface area contributed by atoms with E-state index in [9.17, 15) is 4.79 Å². The Morgan fingerprint density at radius 1 is 1.14 bits per heavy atom. The Morgan fingerprint density at radius 2 is 1.82 bits per heavy atom. The molecule has 3 heterocycles. The quantitative estimate of drug-likeness (QED) is 0.856. The molecule has 2 aliphatic rings. The van der Waals surface area contributed by atoms with Crippen LogP contribution in [-0.2, 0) is 11.3 Å². The van der Waals surface area contributed by atoms with Gasteiger partial charge in [-0.15, -0.1) is 11.3 Å². The molecule has 0 aromatic carbocycles. The number of amides is 1. The molecule has 1 aromatic heterocycles. The van der Waals surface area contributed by atoms with Gasteiger partial charge in [0.15, 0.2) is 0 Å². The van der Waals surface area contributed by atoms with Crippen molar-refractivity contribution in [2.45, 2.75) is 39.2 Å². The van der Waals surface area contributed by atoms with Gasteiger partial charge >= 0.3 is 0 Å². The van der Waals surface area contributed by atoms with Gasteiger partial charge in [-0.1, -0.05) is 12.8 Å². The van der Waals surface area contributed by atoms with Gasteiger partial charge in [-0.05, 0) is 19.8 Å². The summed E-state index contributed by atoms with van der Waals surface area (Å²) in [5.74, 6) is 0.185. The first-order chi connectivity index (χ1) is 10.7. The monoisotopic (exact) mass is 323 g/mol. The molecular weight excluding hydrogens is 298 g/mol. The van der Waals surface area contributed by atoms with Crippen LogP contribution >= 0.6 is 11.3 Å². The largest absolute Gasteiger partial charge is 0.379 e. The summed E-state index contributed by atoms with van der Waals surface area (Å²) in [6.45, 7) is 8.09. The van der Waals surface area contributed by atoms with E-state index in [1.807, 2.05) is 11.8 Å². The fourth-order valence-corrected chi connectivity index (χ4v) is 4.16. The second-order valence-electron chi connectivity index (χ2n) is 6.12. The number of ether oxygens (including phenoxy) is 1. The molecule has 1 aromatic rings. The first-order valence-electron chi connectivity index (χ1n) is 8.30. The van der Waals surface area contributed by atoms with E-state index < -0.39 is 0 Å². The molecule has 2 saturated heterocycles. The molecule has 0 spiro atoms. The number of thiazole rings is 1. The minimum Gasteiger partial charge on any atom is -0.379 e. The molecule has 2 aliphatic heterocycles. The molecule has 22 heavy (non-hydrogen) atoms. The standard InChI is InChI=1S/C16H25N3O2S/c1-13-15(16(20)19-6-4-2-3-5-7-19)22-14(17-13)12-18-8-10-21-11-9-18/h2-12H2,1H3. The SMILES string of the molecule is Cc1nc(CN2CCOCC2)sc1C(=O)N1CCCCCC1. The number of aryl methyl sites for hydroxylation is 1. The fourth-order valence-electron chi connectivity index (χ4n) is 3.09. The number of morpholine rings is 1. The van der Waals surface area contributed by atoms with E-state index >= 15 is 0 Å². The van der Waals surface area contributed by atoms with Crippen molar-refractivity contribution in [3.8, 4) is 0 Å². The van der Waals surface area contributed by atoms with E-state index in [-0.39, 0.29) is 5.91 Å². The maximum atomic E-state index is 12.7. The minimum absolute atomic E-state index is 0.185. The van der Waals surface area contributed by atoms with Crippen molar-refractivity contribution < 1.29 is 9.53 Å². The van der Waals surface area contributed by atoms with Gasteiger partial charge in [0.1, 0.15) is 9.88 Å². The molecule has 0 atom stereocenters. The van der Waals surface area contributed by atoms with Crippen LogP contribution in [0.5, 0.6) is 0 Å². The summed E-state index contributed by atoms with van der Waals surface area (Å²) in [5.41, 5.74) is 0.891. The van der Waals surface area contributed by atoms with E-state index in [0.29, 0.717) is 0 Å². The van der Waals surface area contributed by atoms with E-state index in [1.54, 1.807) is 11.3 Å². The van der Waals surface area contributed by atoms with E-state index in [0.717, 1.165) is 74.4 Å². The van der Waals surface area contributed by atoms with Crippen molar-refractivity contribution in [2.24, 2.45) is 0 Å². The molecule has 2 fully saturated rings. The average molecular weight is 323 g/mol. The van der Waals surface area contributed by atoms with Crippen LogP contribution in [0.2, 0.25) is 0 Å². The van der Waals surface area contributed by atoms with Crippen molar-refractivity contribution in [3.63, 3.8) is 0 Å². The van der Waals surface area contributed by atoms with E-state index in [1.165, 1.54) is 12.8 Å². The Kier molecular flexibility index (Phi) is 5.44. The normalized spacial score (nSPS) is 20.9. The second kappa shape index (κ2) is 7.53. The van der Waals surface area contributed by atoms with Gasteiger partial charge in [-0.3, -0.25) is 9.69 Å². The number of aromatic nitrogens is 1. The third kappa shape index (κ3) is 3.86. The van der Waals surface area contributed by atoms with Crippen molar-refractivity contribution in [3.05, 3.63) is 15.6 Å². The Hall–Kier alpha value is -0.980. The fraction of sp³-hybridized carbons (Fsp3) is 0.750. The summed E-state index contributed by atoms with van der Waals surface area (Å²) >= 11 is 1.58. The molecule has 0 N–H and O–H groups in total. The van der Waals surface area contributed by atoms with E-state index in [4.69, 9.17) is 4.74 Å². The van der Waals surface area contributed by atoms with Crippen LogP contribution < -0.4 is 0 Å². The zero-order valence-corrected chi connectivity index (χ0v) is 14.2. The van der Waals surface area contributed by atoms with Gasteiger partial charge in [-0.2, -0.15) is 0 Å². The lowest BCUT2D eigenvalue weighted by atomic mass is 10.2. The number of carbonyl (C=O) groups is 1. The molecular formula is C16H25N3O2S. The number of hydrogen-bond donors (Lipinski definition) is 0. The van der Waals surface area contributed by atoms with Crippen LogP contribution in [0.4, 0.5) is 0 Å². The highest BCUT2D eigenvalue weighted by atomic mass is 32.1. The van der Waals surface area contributed by atoms with Crippen LogP contribution in [0.25, 0.3) is 0 Å². The van der Waals surface area contributed by atoms with Crippen LogP contribution in [0.1, 0.15) is 46.1 Å². The van der Waals surface area contributed by atoms with Crippen LogP contribution in [0.3, 0.4) is 0 Å².